The third-order valence-electron chi connectivity index (χ3n) is 3.41. The smallest absolute Gasteiger partial charge is 0.150 e. The molecule has 18 heavy (non-hydrogen) atoms. The first-order chi connectivity index (χ1) is 8.81. The second-order valence-corrected chi connectivity index (χ2v) is 4.76. The van der Waals surface area contributed by atoms with E-state index in [9.17, 15) is 9.59 Å². The normalized spacial score (nSPS) is 24.7. The van der Waals surface area contributed by atoms with E-state index < -0.39 is 0 Å². The lowest BCUT2D eigenvalue weighted by molar-refractivity contribution is 0.112. The number of carbonyl (C=O) groups excluding carboxylic acids is 2. The van der Waals surface area contributed by atoms with E-state index in [0.29, 0.717) is 24.2 Å². The fraction of sp³-hybridized carbons (Fsp3) is 0.429. The van der Waals surface area contributed by atoms with Crippen LogP contribution in [-0.2, 0) is 22.3 Å². The average molecular weight is 246 g/mol. The molecule has 0 amide bonds. The van der Waals surface area contributed by atoms with Crippen LogP contribution in [0.1, 0.15) is 31.8 Å². The fourth-order valence-corrected chi connectivity index (χ4v) is 2.24. The zero-order valence-corrected chi connectivity index (χ0v) is 9.93. The molecule has 4 nitrogen and oxygen atoms in total. The van der Waals surface area contributed by atoms with Crippen LogP contribution in [0.3, 0.4) is 0 Å². The number of ether oxygens (including phenoxy) is 2. The van der Waals surface area contributed by atoms with Gasteiger partial charge in [0.05, 0.1) is 25.4 Å². The van der Waals surface area contributed by atoms with Gasteiger partial charge in [-0.3, -0.25) is 9.59 Å². The summed E-state index contributed by atoms with van der Waals surface area (Å²) < 4.78 is 10.4. The Morgan fingerprint density at radius 2 is 1.72 bits per heavy atom. The molecule has 0 aromatic heterocycles. The lowest BCUT2D eigenvalue weighted by atomic mass is 9.92. The lowest BCUT2D eigenvalue weighted by Gasteiger charge is -2.11. The van der Waals surface area contributed by atoms with Gasteiger partial charge < -0.3 is 9.47 Å². The number of hydrogen-bond acceptors (Lipinski definition) is 4. The van der Waals surface area contributed by atoms with Gasteiger partial charge in [-0.2, -0.15) is 0 Å². The SMILES string of the molecule is O=Cc1ccc(CC2CO2)c(C=O)c1CC1CO1. The summed E-state index contributed by atoms with van der Waals surface area (Å²) in [5.41, 5.74) is 3.02. The molecule has 2 heterocycles. The Morgan fingerprint density at radius 1 is 1.06 bits per heavy atom. The van der Waals surface area contributed by atoms with Crippen LogP contribution in [0.4, 0.5) is 0 Å². The van der Waals surface area contributed by atoms with E-state index in [4.69, 9.17) is 9.47 Å². The molecule has 2 saturated heterocycles. The minimum atomic E-state index is 0.162. The first kappa shape index (κ1) is 11.6. The molecule has 2 aliphatic heterocycles. The zero-order valence-electron chi connectivity index (χ0n) is 9.93. The van der Waals surface area contributed by atoms with Gasteiger partial charge in [-0.05, 0) is 11.1 Å². The molecule has 2 unspecified atom stereocenters. The fourth-order valence-electron chi connectivity index (χ4n) is 2.24. The summed E-state index contributed by atoms with van der Waals surface area (Å²) in [6.45, 7) is 1.47. The van der Waals surface area contributed by atoms with E-state index >= 15 is 0 Å². The molecule has 0 N–H and O–H groups in total. The number of hydrogen-bond donors (Lipinski definition) is 0. The molecule has 0 aliphatic carbocycles. The molecule has 4 heteroatoms. The number of aldehydes is 2. The highest BCUT2D eigenvalue weighted by molar-refractivity contribution is 5.87. The second-order valence-electron chi connectivity index (χ2n) is 4.76. The van der Waals surface area contributed by atoms with Crippen LogP contribution < -0.4 is 0 Å². The van der Waals surface area contributed by atoms with E-state index in [2.05, 4.69) is 0 Å². The maximum absolute atomic E-state index is 11.3. The van der Waals surface area contributed by atoms with E-state index in [1.54, 1.807) is 6.07 Å². The standard InChI is InChI=1S/C14H14O4/c15-5-10-2-1-9(3-11-7-17-11)14(6-16)13(10)4-12-8-18-12/h1-2,5-6,11-12H,3-4,7-8H2. The Hall–Kier alpha value is -1.52. The Labute approximate surface area is 105 Å². The predicted octanol–water partition coefficient (Wildman–Crippen LogP) is 1.19. The van der Waals surface area contributed by atoms with Crippen LogP contribution in [0.2, 0.25) is 0 Å². The summed E-state index contributed by atoms with van der Waals surface area (Å²) in [7, 11) is 0. The monoisotopic (exact) mass is 246 g/mol. The van der Waals surface area contributed by atoms with E-state index in [0.717, 1.165) is 36.7 Å². The Bertz CT molecular complexity index is 487. The Balaban J connectivity index is 1.98. The summed E-state index contributed by atoms with van der Waals surface area (Å²) in [4.78, 5) is 22.4. The van der Waals surface area contributed by atoms with Gasteiger partial charge in [-0.15, -0.1) is 0 Å². The molecule has 2 atom stereocenters. The van der Waals surface area contributed by atoms with Crippen molar-refractivity contribution in [2.75, 3.05) is 13.2 Å². The Kier molecular flexibility index (Phi) is 2.97. The lowest BCUT2D eigenvalue weighted by Crippen LogP contribution is -2.08. The van der Waals surface area contributed by atoms with Gasteiger partial charge in [0.2, 0.25) is 0 Å². The average Bonchev–Trinajstić information content (AvgIpc) is 3.24. The zero-order chi connectivity index (χ0) is 12.5. The van der Waals surface area contributed by atoms with E-state index in [1.807, 2.05) is 6.07 Å². The van der Waals surface area contributed by atoms with Gasteiger partial charge in [0, 0.05) is 24.0 Å². The topological polar surface area (TPSA) is 59.2 Å². The molecule has 0 radical (unpaired) electrons. The Morgan fingerprint density at radius 3 is 2.28 bits per heavy atom. The molecule has 94 valence electrons. The van der Waals surface area contributed by atoms with Crippen LogP contribution in [0, 0.1) is 0 Å². The first-order valence-electron chi connectivity index (χ1n) is 6.10. The molecule has 0 saturated carbocycles. The highest BCUT2D eigenvalue weighted by Gasteiger charge is 2.28. The minimum absolute atomic E-state index is 0.162. The first-order valence-corrected chi connectivity index (χ1v) is 6.10. The van der Waals surface area contributed by atoms with Gasteiger partial charge in [0.25, 0.3) is 0 Å². The van der Waals surface area contributed by atoms with Crippen LogP contribution >= 0.6 is 0 Å². The third kappa shape index (κ3) is 2.35. The molecule has 2 fully saturated rings. The van der Waals surface area contributed by atoms with E-state index in [1.165, 1.54) is 0 Å². The van der Waals surface area contributed by atoms with Crippen molar-refractivity contribution in [3.8, 4) is 0 Å². The molecular weight excluding hydrogens is 232 g/mol. The minimum Gasteiger partial charge on any atom is -0.373 e. The maximum Gasteiger partial charge on any atom is 0.150 e. The van der Waals surface area contributed by atoms with Crippen LogP contribution in [0.25, 0.3) is 0 Å². The van der Waals surface area contributed by atoms with Gasteiger partial charge in [0.1, 0.15) is 6.29 Å². The molecule has 2 aliphatic rings. The highest BCUT2D eigenvalue weighted by atomic mass is 16.6. The van der Waals surface area contributed by atoms with Crippen molar-refractivity contribution in [2.24, 2.45) is 0 Å². The quantitative estimate of drug-likeness (QED) is 0.559. The molecular formula is C14H14O4. The van der Waals surface area contributed by atoms with Gasteiger partial charge >= 0.3 is 0 Å². The van der Waals surface area contributed by atoms with Crippen molar-refractivity contribution in [3.63, 3.8) is 0 Å². The van der Waals surface area contributed by atoms with Crippen molar-refractivity contribution in [1.82, 2.24) is 0 Å². The van der Waals surface area contributed by atoms with Gasteiger partial charge in [-0.25, -0.2) is 0 Å². The second kappa shape index (κ2) is 4.63. The van der Waals surface area contributed by atoms with Crippen molar-refractivity contribution >= 4 is 12.6 Å². The highest BCUT2D eigenvalue weighted by Crippen LogP contribution is 2.26. The van der Waals surface area contributed by atoms with Crippen LogP contribution in [-0.4, -0.2) is 38.0 Å². The largest absolute Gasteiger partial charge is 0.373 e. The third-order valence-corrected chi connectivity index (χ3v) is 3.41. The summed E-state index contributed by atoms with van der Waals surface area (Å²) in [6.07, 6.45) is 3.43. The summed E-state index contributed by atoms with van der Waals surface area (Å²) in [5, 5.41) is 0. The summed E-state index contributed by atoms with van der Waals surface area (Å²) in [6, 6.07) is 3.64. The molecule has 3 rings (SSSR count). The van der Waals surface area contributed by atoms with Crippen molar-refractivity contribution in [1.29, 1.82) is 0 Å². The maximum atomic E-state index is 11.3. The number of benzene rings is 1. The number of epoxide rings is 2. The van der Waals surface area contributed by atoms with Gasteiger partial charge in [0.15, 0.2) is 6.29 Å². The van der Waals surface area contributed by atoms with Crippen molar-refractivity contribution in [3.05, 3.63) is 34.4 Å². The molecule has 1 aromatic rings. The predicted molar refractivity (Wildman–Crippen MR) is 64.1 cm³/mol. The van der Waals surface area contributed by atoms with Crippen molar-refractivity contribution < 1.29 is 19.1 Å². The molecule has 0 spiro atoms. The molecule has 0 bridgehead atoms. The molecule has 1 aromatic carbocycles. The number of rotatable bonds is 6. The summed E-state index contributed by atoms with van der Waals surface area (Å²) >= 11 is 0. The number of carbonyl (C=O) groups is 2. The summed E-state index contributed by atoms with van der Waals surface area (Å²) in [5.74, 6) is 0. The van der Waals surface area contributed by atoms with Crippen LogP contribution in [0.5, 0.6) is 0 Å². The van der Waals surface area contributed by atoms with Gasteiger partial charge in [-0.1, -0.05) is 12.1 Å². The van der Waals surface area contributed by atoms with Crippen molar-refractivity contribution in [2.45, 2.75) is 25.0 Å². The van der Waals surface area contributed by atoms with E-state index in [-0.39, 0.29) is 12.2 Å². The van der Waals surface area contributed by atoms with Crippen LogP contribution in [0.15, 0.2) is 12.1 Å².